The van der Waals surface area contributed by atoms with Crippen LogP contribution in [0, 0.1) is 0 Å². The lowest BCUT2D eigenvalue weighted by Gasteiger charge is -2.27. The third kappa shape index (κ3) is 2.08. The maximum absolute atomic E-state index is 8.95. The predicted molar refractivity (Wildman–Crippen MR) is 59.7 cm³/mol. The van der Waals surface area contributed by atoms with E-state index in [0.29, 0.717) is 6.61 Å². The van der Waals surface area contributed by atoms with E-state index in [-0.39, 0.29) is 12.2 Å². The number of hydrogen-bond donors (Lipinski definition) is 1. The largest absolute Gasteiger partial charge is 0.392 e. The maximum Gasteiger partial charge on any atom is 0.160 e. The van der Waals surface area contributed by atoms with Gasteiger partial charge in [0.15, 0.2) is 5.82 Å². The highest BCUT2D eigenvalue weighted by atomic mass is 16.5. The van der Waals surface area contributed by atoms with Crippen molar-refractivity contribution in [1.82, 2.24) is 9.97 Å². The number of ether oxygens (including phenoxy) is 1. The summed E-state index contributed by atoms with van der Waals surface area (Å²) in [5.41, 5.74) is 0.469. The van der Waals surface area contributed by atoms with Gasteiger partial charge in [-0.25, -0.2) is 9.97 Å². The monoisotopic (exact) mass is 222 g/mol. The van der Waals surface area contributed by atoms with Crippen LogP contribution in [0.15, 0.2) is 12.4 Å². The summed E-state index contributed by atoms with van der Waals surface area (Å²) >= 11 is 0. The minimum atomic E-state index is -0.275. The second-order valence-corrected chi connectivity index (χ2v) is 4.21. The van der Waals surface area contributed by atoms with Crippen molar-refractivity contribution in [2.75, 3.05) is 6.61 Å². The zero-order valence-corrected chi connectivity index (χ0v) is 9.65. The molecular formula is C12H18N2O2. The van der Waals surface area contributed by atoms with Gasteiger partial charge in [0.25, 0.3) is 0 Å². The van der Waals surface area contributed by atoms with Crippen LogP contribution in [0.2, 0.25) is 0 Å². The Bertz CT molecular complexity index is 331. The standard InChI is InChI=1S/C12H18N2O2/c1-2-16-12(5-3-4-6-12)11-13-7-10(9-15)8-14-11/h7-8,15H,2-6,9H2,1H3. The van der Waals surface area contributed by atoms with Crippen molar-refractivity contribution in [2.45, 2.75) is 44.8 Å². The van der Waals surface area contributed by atoms with E-state index in [2.05, 4.69) is 9.97 Å². The molecule has 4 nitrogen and oxygen atoms in total. The highest BCUT2D eigenvalue weighted by molar-refractivity contribution is 5.10. The van der Waals surface area contributed by atoms with Crippen molar-refractivity contribution in [2.24, 2.45) is 0 Å². The smallest absolute Gasteiger partial charge is 0.160 e. The van der Waals surface area contributed by atoms with E-state index in [9.17, 15) is 0 Å². The van der Waals surface area contributed by atoms with Crippen LogP contribution in [0.5, 0.6) is 0 Å². The number of hydrogen-bond acceptors (Lipinski definition) is 4. The molecule has 1 heterocycles. The first-order valence-corrected chi connectivity index (χ1v) is 5.87. The highest BCUT2D eigenvalue weighted by Gasteiger charge is 2.38. The minimum absolute atomic E-state index is 0.0120. The first-order chi connectivity index (χ1) is 7.80. The van der Waals surface area contributed by atoms with Crippen molar-refractivity contribution < 1.29 is 9.84 Å². The van der Waals surface area contributed by atoms with E-state index in [1.807, 2.05) is 6.92 Å². The Labute approximate surface area is 95.7 Å². The Morgan fingerprint density at radius 3 is 2.44 bits per heavy atom. The van der Waals surface area contributed by atoms with E-state index >= 15 is 0 Å². The summed E-state index contributed by atoms with van der Waals surface area (Å²) in [6, 6.07) is 0. The van der Waals surface area contributed by atoms with E-state index in [4.69, 9.17) is 9.84 Å². The van der Waals surface area contributed by atoms with Crippen molar-refractivity contribution >= 4 is 0 Å². The van der Waals surface area contributed by atoms with Gasteiger partial charge in [-0.1, -0.05) is 0 Å². The van der Waals surface area contributed by atoms with Crippen LogP contribution >= 0.6 is 0 Å². The number of aliphatic hydroxyl groups is 1. The lowest BCUT2D eigenvalue weighted by molar-refractivity contribution is -0.0457. The van der Waals surface area contributed by atoms with Crippen LogP contribution in [0.3, 0.4) is 0 Å². The Kier molecular flexibility index (Phi) is 3.51. The minimum Gasteiger partial charge on any atom is -0.392 e. The van der Waals surface area contributed by atoms with Gasteiger partial charge < -0.3 is 9.84 Å². The molecule has 1 aromatic heterocycles. The normalized spacial score (nSPS) is 18.9. The molecule has 1 aromatic rings. The molecule has 0 saturated heterocycles. The van der Waals surface area contributed by atoms with E-state index in [1.54, 1.807) is 12.4 Å². The molecular weight excluding hydrogens is 204 g/mol. The summed E-state index contributed by atoms with van der Waals surface area (Å²) in [6.07, 6.45) is 7.71. The van der Waals surface area contributed by atoms with Crippen LogP contribution in [0.25, 0.3) is 0 Å². The fourth-order valence-corrected chi connectivity index (χ4v) is 2.33. The molecule has 88 valence electrons. The lowest BCUT2D eigenvalue weighted by Crippen LogP contribution is -2.28. The maximum atomic E-state index is 8.95. The molecule has 1 saturated carbocycles. The van der Waals surface area contributed by atoms with Crippen LogP contribution in [-0.4, -0.2) is 21.7 Å². The van der Waals surface area contributed by atoms with Gasteiger partial charge in [0.2, 0.25) is 0 Å². The van der Waals surface area contributed by atoms with Crippen molar-refractivity contribution in [3.05, 3.63) is 23.8 Å². The molecule has 2 rings (SSSR count). The van der Waals surface area contributed by atoms with Gasteiger partial charge in [0.05, 0.1) is 6.61 Å². The third-order valence-electron chi connectivity index (χ3n) is 3.13. The van der Waals surface area contributed by atoms with E-state index in [1.165, 1.54) is 12.8 Å². The lowest BCUT2D eigenvalue weighted by atomic mass is 10.0. The number of aromatic nitrogens is 2. The molecule has 0 aromatic carbocycles. The topological polar surface area (TPSA) is 55.2 Å². The van der Waals surface area contributed by atoms with Gasteiger partial charge in [-0.2, -0.15) is 0 Å². The zero-order chi connectivity index (χ0) is 11.4. The molecule has 0 radical (unpaired) electrons. The summed E-state index contributed by atoms with van der Waals surface area (Å²) in [6.45, 7) is 2.68. The summed E-state index contributed by atoms with van der Waals surface area (Å²) in [7, 11) is 0. The number of aliphatic hydroxyl groups excluding tert-OH is 1. The molecule has 0 aliphatic heterocycles. The van der Waals surface area contributed by atoms with Gasteiger partial charge in [-0.15, -0.1) is 0 Å². The molecule has 0 amide bonds. The van der Waals surface area contributed by atoms with Gasteiger partial charge in [-0.05, 0) is 32.6 Å². The first-order valence-electron chi connectivity index (χ1n) is 5.87. The van der Waals surface area contributed by atoms with E-state index in [0.717, 1.165) is 24.2 Å². The van der Waals surface area contributed by atoms with Crippen molar-refractivity contribution in [3.63, 3.8) is 0 Å². The Balaban J connectivity index is 2.24. The molecule has 1 aliphatic rings. The van der Waals surface area contributed by atoms with Crippen LogP contribution in [0.1, 0.15) is 44.0 Å². The molecule has 0 bridgehead atoms. The predicted octanol–water partition coefficient (Wildman–Crippen LogP) is 1.77. The van der Waals surface area contributed by atoms with E-state index < -0.39 is 0 Å². The Morgan fingerprint density at radius 1 is 1.31 bits per heavy atom. The first kappa shape index (κ1) is 11.5. The second kappa shape index (κ2) is 4.89. The quantitative estimate of drug-likeness (QED) is 0.843. The highest BCUT2D eigenvalue weighted by Crippen LogP contribution is 2.40. The average molecular weight is 222 g/mol. The molecule has 0 atom stereocenters. The summed E-state index contributed by atoms with van der Waals surface area (Å²) in [5, 5.41) is 8.95. The van der Waals surface area contributed by atoms with Gasteiger partial charge >= 0.3 is 0 Å². The fourth-order valence-electron chi connectivity index (χ4n) is 2.33. The van der Waals surface area contributed by atoms with Crippen molar-refractivity contribution in [3.8, 4) is 0 Å². The molecule has 0 spiro atoms. The SMILES string of the molecule is CCOC1(c2ncc(CO)cn2)CCCC1. The number of rotatable bonds is 4. The summed E-state index contributed by atoms with van der Waals surface area (Å²) in [4.78, 5) is 8.65. The number of nitrogens with zero attached hydrogens (tertiary/aromatic N) is 2. The molecule has 1 N–H and O–H groups in total. The van der Waals surface area contributed by atoms with Crippen LogP contribution < -0.4 is 0 Å². The zero-order valence-electron chi connectivity index (χ0n) is 9.65. The average Bonchev–Trinajstić information content (AvgIpc) is 2.80. The molecule has 0 unspecified atom stereocenters. The summed E-state index contributed by atoms with van der Waals surface area (Å²) in [5.74, 6) is 0.768. The molecule has 1 aliphatic carbocycles. The third-order valence-corrected chi connectivity index (χ3v) is 3.13. The Hall–Kier alpha value is -1.00. The summed E-state index contributed by atoms with van der Waals surface area (Å²) < 4.78 is 5.86. The van der Waals surface area contributed by atoms with Gasteiger partial charge in [0, 0.05) is 24.6 Å². The fraction of sp³-hybridized carbons (Fsp3) is 0.667. The van der Waals surface area contributed by atoms with Crippen LogP contribution in [-0.2, 0) is 16.9 Å². The van der Waals surface area contributed by atoms with Crippen LogP contribution in [0.4, 0.5) is 0 Å². The Morgan fingerprint density at radius 2 is 1.94 bits per heavy atom. The van der Waals surface area contributed by atoms with Crippen molar-refractivity contribution in [1.29, 1.82) is 0 Å². The molecule has 16 heavy (non-hydrogen) atoms. The molecule has 4 heteroatoms. The second-order valence-electron chi connectivity index (χ2n) is 4.21. The van der Waals surface area contributed by atoms with Gasteiger partial charge in [-0.3, -0.25) is 0 Å². The van der Waals surface area contributed by atoms with Gasteiger partial charge in [0.1, 0.15) is 5.60 Å². The molecule has 1 fully saturated rings.